The second-order valence-electron chi connectivity index (χ2n) is 7.84. The van der Waals surface area contributed by atoms with Gasteiger partial charge in [0.15, 0.2) is 0 Å². The summed E-state index contributed by atoms with van der Waals surface area (Å²) in [5, 5.41) is 5.89. The molecular formula is C21H32N4O4. The number of anilines is 1. The smallest absolute Gasteiger partial charge is 0.319 e. The predicted molar refractivity (Wildman–Crippen MR) is 111 cm³/mol. The topological polar surface area (TPSA) is 83.1 Å². The van der Waals surface area contributed by atoms with Gasteiger partial charge in [-0.2, -0.15) is 0 Å². The molecule has 8 heteroatoms. The van der Waals surface area contributed by atoms with E-state index >= 15 is 0 Å². The van der Waals surface area contributed by atoms with Crippen molar-refractivity contribution in [2.45, 2.75) is 18.9 Å². The molecule has 2 N–H and O–H groups in total. The maximum atomic E-state index is 12.4. The van der Waals surface area contributed by atoms with Gasteiger partial charge in [0, 0.05) is 58.0 Å². The summed E-state index contributed by atoms with van der Waals surface area (Å²) in [6.45, 7) is 5.36. The van der Waals surface area contributed by atoms with E-state index in [1.165, 1.54) is 0 Å². The fourth-order valence-corrected chi connectivity index (χ4v) is 3.77. The molecule has 2 fully saturated rings. The molecule has 0 aliphatic carbocycles. The van der Waals surface area contributed by atoms with Crippen molar-refractivity contribution in [3.63, 3.8) is 0 Å². The molecule has 3 rings (SSSR count). The van der Waals surface area contributed by atoms with E-state index in [-0.39, 0.29) is 18.0 Å². The first-order chi connectivity index (χ1) is 14.0. The summed E-state index contributed by atoms with van der Waals surface area (Å²) < 4.78 is 11.0. The van der Waals surface area contributed by atoms with Crippen molar-refractivity contribution < 1.29 is 19.1 Å². The largest absolute Gasteiger partial charge is 0.381 e. The van der Waals surface area contributed by atoms with Gasteiger partial charge in [0.1, 0.15) is 0 Å². The van der Waals surface area contributed by atoms with Gasteiger partial charge in [0.2, 0.25) is 5.91 Å². The number of nitrogens with zero attached hydrogens (tertiary/aromatic N) is 2. The Hall–Kier alpha value is -2.16. The minimum Gasteiger partial charge on any atom is -0.381 e. The number of amides is 3. The molecule has 2 heterocycles. The zero-order chi connectivity index (χ0) is 20.6. The summed E-state index contributed by atoms with van der Waals surface area (Å²) in [5.41, 5.74) is 1.62. The number of carbonyl (C=O) groups is 2. The minimum absolute atomic E-state index is 0.0495. The summed E-state index contributed by atoms with van der Waals surface area (Å²) in [7, 11) is 3.48. The van der Waals surface area contributed by atoms with Crippen molar-refractivity contribution >= 4 is 17.6 Å². The highest BCUT2D eigenvalue weighted by Gasteiger charge is 2.31. The lowest BCUT2D eigenvalue weighted by Crippen LogP contribution is -2.52. The van der Waals surface area contributed by atoms with Gasteiger partial charge >= 0.3 is 6.03 Å². The third-order valence-electron chi connectivity index (χ3n) is 5.56. The molecule has 0 radical (unpaired) electrons. The highest BCUT2D eigenvalue weighted by molar-refractivity contribution is 5.89. The molecule has 29 heavy (non-hydrogen) atoms. The first kappa shape index (κ1) is 21.5. The first-order valence-electron chi connectivity index (χ1n) is 10.3. The Kier molecular flexibility index (Phi) is 7.85. The molecule has 0 saturated carbocycles. The number of hydrogen-bond donors (Lipinski definition) is 2. The van der Waals surface area contributed by atoms with Crippen LogP contribution in [0, 0.1) is 5.92 Å². The van der Waals surface area contributed by atoms with E-state index in [0.29, 0.717) is 24.6 Å². The number of hydrogen-bond acceptors (Lipinski definition) is 5. The molecule has 0 unspecified atom stereocenters. The van der Waals surface area contributed by atoms with Crippen LogP contribution in [-0.2, 0) is 20.7 Å². The molecule has 1 aromatic rings. The number of nitrogens with one attached hydrogen (secondary N) is 2. The monoisotopic (exact) mass is 404 g/mol. The molecule has 160 valence electrons. The summed E-state index contributed by atoms with van der Waals surface area (Å²) >= 11 is 0. The van der Waals surface area contributed by atoms with E-state index < -0.39 is 0 Å². The lowest BCUT2D eigenvalue weighted by molar-refractivity contribution is -0.127. The lowest BCUT2D eigenvalue weighted by atomic mass is 9.97. The van der Waals surface area contributed by atoms with Crippen LogP contribution < -0.4 is 10.6 Å². The molecule has 2 aliphatic rings. The Balaban J connectivity index is 1.50. The van der Waals surface area contributed by atoms with E-state index in [1.54, 1.807) is 19.0 Å². The van der Waals surface area contributed by atoms with E-state index in [0.717, 1.165) is 51.5 Å². The predicted octanol–water partition coefficient (Wildman–Crippen LogP) is 1.18. The van der Waals surface area contributed by atoms with Crippen molar-refractivity contribution in [2.75, 3.05) is 65.5 Å². The van der Waals surface area contributed by atoms with Crippen LogP contribution in [0.3, 0.4) is 0 Å². The van der Waals surface area contributed by atoms with Gasteiger partial charge in [-0.05, 0) is 24.1 Å². The Labute approximate surface area is 172 Å². The maximum absolute atomic E-state index is 12.4. The zero-order valence-corrected chi connectivity index (χ0v) is 17.4. The number of benzene rings is 1. The molecule has 1 aromatic carbocycles. The summed E-state index contributed by atoms with van der Waals surface area (Å²) in [5.74, 6) is 0.482. The lowest BCUT2D eigenvalue weighted by Gasteiger charge is -2.37. The van der Waals surface area contributed by atoms with Crippen LogP contribution in [-0.4, -0.2) is 87.9 Å². The highest BCUT2D eigenvalue weighted by Crippen LogP contribution is 2.22. The normalized spacial score (nSPS) is 20.8. The van der Waals surface area contributed by atoms with Crippen LogP contribution in [0.4, 0.5) is 10.5 Å². The van der Waals surface area contributed by atoms with E-state index in [2.05, 4.69) is 15.5 Å². The number of likely N-dealkylation sites (N-methyl/N-ethyl adjacent to an activating group) is 1. The Bertz CT molecular complexity index is 668. The van der Waals surface area contributed by atoms with Gasteiger partial charge in [0.05, 0.1) is 26.2 Å². The minimum atomic E-state index is -0.223. The van der Waals surface area contributed by atoms with E-state index in [9.17, 15) is 9.59 Å². The average molecular weight is 405 g/mol. The summed E-state index contributed by atoms with van der Waals surface area (Å²) in [6.07, 6.45) is 1.38. The quantitative estimate of drug-likeness (QED) is 0.713. The molecule has 2 saturated heterocycles. The molecule has 0 aromatic heterocycles. The third-order valence-corrected chi connectivity index (χ3v) is 5.56. The van der Waals surface area contributed by atoms with Crippen molar-refractivity contribution in [2.24, 2.45) is 5.92 Å². The molecule has 3 amide bonds. The van der Waals surface area contributed by atoms with Crippen molar-refractivity contribution in [1.82, 2.24) is 15.1 Å². The molecule has 0 spiro atoms. The maximum Gasteiger partial charge on any atom is 0.319 e. The molecule has 2 aliphatic heterocycles. The van der Waals surface area contributed by atoms with Gasteiger partial charge in [0.25, 0.3) is 0 Å². The Morgan fingerprint density at radius 1 is 1.14 bits per heavy atom. The number of morpholine rings is 1. The van der Waals surface area contributed by atoms with Crippen LogP contribution in [0.5, 0.6) is 0 Å². The molecular weight excluding hydrogens is 372 g/mol. The van der Waals surface area contributed by atoms with Crippen LogP contribution in [0.15, 0.2) is 24.3 Å². The molecule has 8 nitrogen and oxygen atoms in total. The van der Waals surface area contributed by atoms with Crippen LogP contribution in [0.2, 0.25) is 0 Å². The van der Waals surface area contributed by atoms with Crippen molar-refractivity contribution in [3.05, 3.63) is 29.8 Å². The number of rotatable bonds is 7. The number of ether oxygens (including phenoxy) is 2. The fraction of sp³-hybridized carbons (Fsp3) is 0.619. The number of urea groups is 1. The summed E-state index contributed by atoms with van der Waals surface area (Å²) in [4.78, 5) is 28.2. The second kappa shape index (κ2) is 10.6. The van der Waals surface area contributed by atoms with Crippen molar-refractivity contribution in [3.8, 4) is 0 Å². The molecule has 2 atom stereocenters. The van der Waals surface area contributed by atoms with Crippen LogP contribution >= 0.6 is 0 Å². The van der Waals surface area contributed by atoms with Crippen LogP contribution in [0.25, 0.3) is 0 Å². The second-order valence-corrected chi connectivity index (χ2v) is 7.84. The third kappa shape index (κ3) is 6.42. The van der Waals surface area contributed by atoms with E-state index in [4.69, 9.17) is 9.47 Å². The number of carbonyl (C=O) groups excluding carboxylic acids is 2. The first-order valence-corrected chi connectivity index (χ1v) is 10.3. The summed E-state index contributed by atoms with van der Waals surface area (Å²) in [6, 6.07) is 7.41. The van der Waals surface area contributed by atoms with Gasteiger partial charge in [-0.15, -0.1) is 0 Å². The van der Waals surface area contributed by atoms with Gasteiger partial charge in [-0.3, -0.25) is 9.69 Å². The Morgan fingerprint density at radius 2 is 1.86 bits per heavy atom. The molecule has 0 bridgehead atoms. The van der Waals surface area contributed by atoms with Crippen LogP contribution in [0.1, 0.15) is 12.0 Å². The van der Waals surface area contributed by atoms with Crippen molar-refractivity contribution in [1.29, 1.82) is 0 Å². The van der Waals surface area contributed by atoms with Gasteiger partial charge in [-0.25, -0.2) is 4.79 Å². The fourth-order valence-electron chi connectivity index (χ4n) is 3.77. The zero-order valence-electron chi connectivity index (χ0n) is 17.4. The van der Waals surface area contributed by atoms with Gasteiger partial charge in [-0.1, -0.05) is 12.1 Å². The Morgan fingerprint density at radius 3 is 2.48 bits per heavy atom. The van der Waals surface area contributed by atoms with Gasteiger partial charge < -0.3 is 25.0 Å². The SMILES string of the molecule is CN(C)C(=O)Cc1ccc(NC(=O)NC[C@H]([C@@H]2CCOC2)N2CCOCC2)cc1. The van der Waals surface area contributed by atoms with E-state index in [1.807, 2.05) is 24.3 Å². The standard InChI is InChI=1S/C21H32N4O4/c1-24(2)20(26)13-16-3-5-18(6-4-16)23-21(27)22-14-19(17-7-10-29-15-17)25-8-11-28-12-9-25/h3-6,17,19H,7-15H2,1-2H3,(H2,22,23,27)/t17-,19-/m1/s1. The highest BCUT2D eigenvalue weighted by atomic mass is 16.5. The average Bonchev–Trinajstić information content (AvgIpc) is 3.25.